The van der Waals surface area contributed by atoms with Crippen molar-refractivity contribution in [2.24, 2.45) is 5.92 Å². The van der Waals surface area contributed by atoms with E-state index in [0.29, 0.717) is 19.0 Å². The number of nitrogens with zero attached hydrogens (tertiary/aromatic N) is 3. The average Bonchev–Trinajstić information content (AvgIpc) is 3.02. The molecule has 118 valence electrons. The Balaban J connectivity index is 1.79. The minimum absolute atomic E-state index is 0.163. The molecule has 1 aromatic heterocycles. The van der Waals surface area contributed by atoms with E-state index in [1.807, 2.05) is 31.2 Å². The van der Waals surface area contributed by atoms with E-state index in [0.717, 1.165) is 23.4 Å². The summed E-state index contributed by atoms with van der Waals surface area (Å²) in [7, 11) is 0. The predicted molar refractivity (Wildman–Crippen MR) is 85.2 cm³/mol. The van der Waals surface area contributed by atoms with Gasteiger partial charge in [-0.3, -0.25) is 4.79 Å². The lowest BCUT2D eigenvalue weighted by atomic mass is 9.81. The molecule has 0 saturated heterocycles. The molecule has 1 aliphatic carbocycles. The summed E-state index contributed by atoms with van der Waals surface area (Å²) in [6.07, 6.45) is 4.98. The molecule has 1 aromatic carbocycles. The number of aromatic nitrogens is 3. The fourth-order valence-electron chi connectivity index (χ4n) is 3.38. The number of fused-ring (bicyclic) bond motifs is 2. The van der Waals surface area contributed by atoms with Gasteiger partial charge in [-0.1, -0.05) is 18.2 Å². The van der Waals surface area contributed by atoms with Gasteiger partial charge in [-0.05, 0) is 31.0 Å². The molecule has 6 nitrogen and oxygen atoms in total. The van der Waals surface area contributed by atoms with E-state index in [1.165, 1.54) is 6.33 Å². The third-order valence-corrected chi connectivity index (χ3v) is 4.38. The smallest absolute Gasteiger partial charge is 0.226 e. The van der Waals surface area contributed by atoms with Gasteiger partial charge in [0.25, 0.3) is 0 Å². The highest BCUT2D eigenvalue weighted by Crippen LogP contribution is 2.41. The molecule has 2 atom stereocenters. The largest absolute Gasteiger partial charge is 0.494 e. The zero-order valence-corrected chi connectivity index (χ0v) is 12.9. The highest BCUT2D eigenvalue weighted by molar-refractivity contribution is 5.87. The maximum atomic E-state index is 12.5. The number of ketones is 1. The Kier molecular flexibility index (Phi) is 3.37. The summed E-state index contributed by atoms with van der Waals surface area (Å²) in [6, 6.07) is 7.73. The van der Waals surface area contributed by atoms with Gasteiger partial charge < -0.3 is 10.1 Å². The molecule has 2 aromatic rings. The lowest BCUT2D eigenvalue weighted by Gasteiger charge is -2.36. The Labute approximate surface area is 134 Å². The zero-order chi connectivity index (χ0) is 15.8. The van der Waals surface area contributed by atoms with E-state index in [-0.39, 0.29) is 17.7 Å². The Morgan fingerprint density at radius 2 is 2.17 bits per heavy atom. The third kappa shape index (κ3) is 2.30. The molecular formula is C17H18N4O2. The van der Waals surface area contributed by atoms with Gasteiger partial charge in [0.1, 0.15) is 17.9 Å². The van der Waals surface area contributed by atoms with Crippen LogP contribution in [0.25, 0.3) is 0 Å². The van der Waals surface area contributed by atoms with Crippen LogP contribution in [-0.4, -0.2) is 27.2 Å². The van der Waals surface area contributed by atoms with E-state index in [4.69, 9.17) is 4.74 Å². The number of carbonyl (C=O) groups is 1. The van der Waals surface area contributed by atoms with E-state index in [9.17, 15) is 4.79 Å². The minimum atomic E-state index is -0.226. The average molecular weight is 310 g/mol. The minimum Gasteiger partial charge on any atom is -0.494 e. The summed E-state index contributed by atoms with van der Waals surface area (Å²) in [5.41, 5.74) is 1.98. The molecule has 1 N–H and O–H groups in total. The molecule has 0 unspecified atom stereocenters. The number of rotatable bonds is 3. The first-order valence-corrected chi connectivity index (χ1v) is 7.90. The second-order valence-corrected chi connectivity index (χ2v) is 5.74. The molecule has 0 spiro atoms. The molecule has 0 radical (unpaired) electrons. The van der Waals surface area contributed by atoms with Gasteiger partial charge in [0.15, 0.2) is 0 Å². The van der Waals surface area contributed by atoms with Crippen LogP contribution < -0.4 is 10.1 Å². The van der Waals surface area contributed by atoms with Gasteiger partial charge in [-0.25, -0.2) is 4.68 Å². The monoisotopic (exact) mass is 310 g/mol. The fourth-order valence-corrected chi connectivity index (χ4v) is 3.38. The highest BCUT2D eigenvalue weighted by atomic mass is 16.5. The Morgan fingerprint density at radius 1 is 1.35 bits per heavy atom. The van der Waals surface area contributed by atoms with Gasteiger partial charge in [0.2, 0.25) is 5.95 Å². The van der Waals surface area contributed by atoms with Crippen molar-refractivity contribution in [3.63, 3.8) is 0 Å². The standard InChI is InChI=1S/C17H18N4O2/c1-2-23-12-8-6-11(7-9-12)16-15-13(4-3-5-14(15)22)20-17-18-10-19-21(16)17/h4,6-10,15-16H,2-3,5H2,1H3,(H,18,19,20)/t15-,16-/m0/s1. The number of Topliss-reactive ketones (excluding diaryl/α,β-unsaturated/α-hetero) is 1. The van der Waals surface area contributed by atoms with Crippen molar-refractivity contribution in [2.45, 2.75) is 25.8 Å². The van der Waals surface area contributed by atoms with Crippen molar-refractivity contribution in [2.75, 3.05) is 11.9 Å². The summed E-state index contributed by atoms with van der Waals surface area (Å²) in [5.74, 6) is 1.53. The normalized spacial score (nSPS) is 22.7. The van der Waals surface area contributed by atoms with Crippen LogP contribution in [0.3, 0.4) is 0 Å². The van der Waals surface area contributed by atoms with Crippen LogP contribution in [-0.2, 0) is 4.79 Å². The number of hydrogen-bond acceptors (Lipinski definition) is 5. The Hall–Kier alpha value is -2.63. The molecule has 6 heteroatoms. The van der Waals surface area contributed by atoms with Gasteiger partial charge in [-0.2, -0.15) is 10.1 Å². The quantitative estimate of drug-likeness (QED) is 0.943. The summed E-state index contributed by atoms with van der Waals surface area (Å²) < 4.78 is 7.31. The summed E-state index contributed by atoms with van der Waals surface area (Å²) in [5, 5.41) is 7.58. The molecule has 0 bridgehead atoms. The van der Waals surface area contributed by atoms with Crippen LogP contribution in [0.5, 0.6) is 5.75 Å². The molecule has 23 heavy (non-hydrogen) atoms. The van der Waals surface area contributed by atoms with Crippen LogP contribution >= 0.6 is 0 Å². The fraction of sp³-hybridized carbons (Fsp3) is 0.353. The van der Waals surface area contributed by atoms with Crippen LogP contribution in [0.1, 0.15) is 31.4 Å². The van der Waals surface area contributed by atoms with Gasteiger partial charge >= 0.3 is 0 Å². The van der Waals surface area contributed by atoms with Gasteiger partial charge in [0.05, 0.1) is 18.6 Å². The van der Waals surface area contributed by atoms with E-state index in [2.05, 4.69) is 21.5 Å². The lowest BCUT2D eigenvalue weighted by Crippen LogP contribution is -2.38. The Bertz CT molecular complexity index is 763. The number of ether oxygens (including phenoxy) is 1. The first-order chi connectivity index (χ1) is 11.3. The number of allylic oxidation sites excluding steroid dienone is 2. The lowest BCUT2D eigenvalue weighted by molar-refractivity contribution is -0.123. The van der Waals surface area contributed by atoms with Crippen molar-refractivity contribution >= 4 is 11.7 Å². The van der Waals surface area contributed by atoms with E-state index in [1.54, 1.807) is 4.68 Å². The van der Waals surface area contributed by atoms with Crippen LogP contribution in [0.2, 0.25) is 0 Å². The van der Waals surface area contributed by atoms with Crippen LogP contribution in [0.15, 0.2) is 42.4 Å². The maximum absolute atomic E-state index is 12.5. The van der Waals surface area contributed by atoms with Gasteiger partial charge in [0, 0.05) is 12.1 Å². The second kappa shape index (κ2) is 5.53. The molecular weight excluding hydrogens is 292 g/mol. The van der Waals surface area contributed by atoms with E-state index >= 15 is 0 Å². The van der Waals surface area contributed by atoms with Crippen LogP contribution in [0.4, 0.5) is 5.95 Å². The van der Waals surface area contributed by atoms with Crippen molar-refractivity contribution in [1.82, 2.24) is 14.8 Å². The molecule has 2 heterocycles. The number of carbonyl (C=O) groups excluding carboxylic acids is 1. The molecule has 1 aliphatic heterocycles. The van der Waals surface area contributed by atoms with Crippen molar-refractivity contribution < 1.29 is 9.53 Å². The highest BCUT2D eigenvalue weighted by Gasteiger charge is 2.40. The predicted octanol–water partition coefficient (Wildman–Crippen LogP) is 2.55. The number of hydrogen-bond donors (Lipinski definition) is 1. The zero-order valence-electron chi connectivity index (χ0n) is 12.9. The molecule has 4 rings (SSSR count). The van der Waals surface area contributed by atoms with Gasteiger partial charge in [-0.15, -0.1) is 0 Å². The molecule has 0 saturated carbocycles. The van der Waals surface area contributed by atoms with Crippen molar-refractivity contribution in [3.05, 3.63) is 47.9 Å². The number of nitrogens with one attached hydrogen (secondary N) is 1. The van der Waals surface area contributed by atoms with E-state index < -0.39 is 0 Å². The third-order valence-electron chi connectivity index (χ3n) is 4.38. The molecule has 0 amide bonds. The number of anilines is 1. The first-order valence-electron chi connectivity index (χ1n) is 7.90. The second-order valence-electron chi connectivity index (χ2n) is 5.74. The Morgan fingerprint density at radius 3 is 2.96 bits per heavy atom. The molecule has 0 fully saturated rings. The van der Waals surface area contributed by atoms with Crippen molar-refractivity contribution in [3.8, 4) is 5.75 Å². The SMILES string of the molecule is CCOc1ccc([C@H]2[C@@H]3C(=O)CCC=C3Nc3ncnn32)cc1. The maximum Gasteiger partial charge on any atom is 0.226 e. The molecule has 2 aliphatic rings. The summed E-state index contributed by atoms with van der Waals surface area (Å²) in [4.78, 5) is 16.8. The number of benzene rings is 1. The summed E-state index contributed by atoms with van der Waals surface area (Å²) >= 11 is 0. The first kappa shape index (κ1) is 14.0. The van der Waals surface area contributed by atoms with Crippen molar-refractivity contribution in [1.29, 1.82) is 0 Å². The summed E-state index contributed by atoms with van der Waals surface area (Å²) in [6.45, 7) is 2.59. The van der Waals surface area contributed by atoms with Crippen LogP contribution in [0, 0.1) is 5.92 Å². The topological polar surface area (TPSA) is 69.0 Å².